The quantitative estimate of drug-likeness (QED) is 0.847. The Morgan fingerprint density at radius 3 is 2.89 bits per heavy atom. The Kier molecular flexibility index (Phi) is 3.91. The van der Waals surface area contributed by atoms with E-state index in [4.69, 9.17) is 0 Å². The molecule has 2 rings (SSSR count). The van der Waals surface area contributed by atoms with Crippen LogP contribution in [-0.4, -0.2) is 35.4 Å². The van der Waals surface area contributed by atoms with E-state index >= 15 is 0 Å². The number of urea groups is 1. The summed E-state index contributed by atoms with van der Waals surface area (Å²) in [6, 6.07) is 5.67. The van der Waals surface area contributed by atoms with Gasteiger partial charge in [0.1, 0.15) is 0 Å². The molecular formula is C13H17N3OS. The maximum absolute atomic E-state index is 11.8. The third kappa shape index (κ3) is 3.04. The second-order valence-corrected chi connectivity index (χ2v) is 5.47. The molecule has 18 heavy (non-hydrogen) atoms. The van der Waals surface area contributed by atoms with Gasteiger partial charge in [0.25, 0.3) is 0 Å². The van der Waals surface area contributed by atoms with Gasteiger partial charge in [0, 0.05) is 25.0 Å². The first-order valence-electron chi connectivity index (χ1n) is 5.87. The predicted octanol–water partition coefficient (Wildman–Crippen LogP) is 2.87. The van der Waals surface area contributed by atoms with Crippen LogP contribution >= 0.6 is 11.8 Å². The molecule has 0 saturated carbocycles. The van der Waals surface area contributed by atoms with Gasteiger partial charge in [-0.25, -0.2) is 4.79 Å². The molecule has 1 aromatic rings. The summed E-state index contributed by atoms with van der Waals surface area (Å²) in [5.74, 6) is 0.992. The Balaban J connectivity index is 2.09. The van der Waals surface area contributed by atoms with Crippen LogP contribution < -0.4 is 5.32 Å². The van der Waals surface area contributed by atoms with Crippen LogP contribution in [0.2, 0.25) is 0 Å². The van der Waals surface area contributed by atoms with E-state index in [2.05, 4.69) is 10.3 Å². The fourth-order valence-electron chi connectivity index (χ4n) is 1.70. The summed E-state index contributed by atoms with van der Waals surface area (Å²) < 4.78 is 0. The molecule has 0 radical (unpaired) electrons. The number of hydrogen-bond donors (Lipinski definition) is 1. The normalized spacial score (nSPS) is 17.3. The molecule has 0 atom stereocenters. The number of aryl methyl sites for hydroxylation is 2. The minimum Gasteiger partial charge on any atom is -0.353 e. The maximum Gasteiger partial charge on any atom is 0.347 e. The smallest absolute Gasteiger partial charge is 0.347 e. The van der Waals surface area contributed by atoms with Crippen LogP contribution in [0.4, 0.5) is 10.5 Å². The molecule has 0 spiro atoms. The topological polar surface area (TPSA) is 44.7 Å². The number of rotatable bonds is 1. The van der Waals surface area contributed by atoms with Gasteiger partial charge in [-0.3, -0.25) is 0 Å². The Bertz CT molecular complexity index is 499. The highest BCUT2D eigenvalue weighted by Gasteiger charge is 2.16. The average Bonchev–Trinajstić information content (AvgIpc) is 2.70. The van der Waals surface area contributed by atoms with Gasteiger partial charge < -0.3 is 10.2 Å². The van der Waals surface area contributed by atoms with Crippen molar-refractivity contribution in [2.75, 3.05) is 24.7 Å². The van der Waals surface area contributed by atoms with Crippen LogP contribution in [0.1, 0.15) is 11.1 Å². The number of benzene rings is 1. The molecular weight excluding hydrogens is 246 g/mol. The third-order valence-corrected chi connectivity index (χ3v) is 3.86. The van der Waals surface area contributed by atoms with E-state index in [-0.39, 0.29) is 6.03 Å². The van der Waals surface area contributed by atoms with E-state index in [0.717, 1.165) is 34.3 Å². The fraction of sp³-hybridized carbons (Fsp3) is 0.385. The average molecular weight is 263 g/mol. The van der Waals surface area contributed by atoms with Gasteiger partial charge in [-0.2, -0.15) is 4.99 Å². The van der Waals surface area contributed by atoms with Gasteiger partial charge >= 0.3 is 6.03 Å². The molecule has 1 N–H and O–H groups in total. The van der Waals surface area contributed by atoms with Crippen molar-refractivity contribution in [3.8, 4) is 0 Å². The van der Waals surface area contributed by atoms with Gasteiger partial charge in [-0.15, -0.1) is 0 Å². The van der Waals surface area contributed by atoms with E-state index in [0.29, 0.717) is 0 Å². The minimum absolute atomic E-state index is 0.306. The van der Waals surface area contributed by atoms with Crippen molar-refractivity contribution < 1.29 is 4.79 Å². The summed E-state index contributed by atoms with van der Waals surface area (Å²) in [5, 5.41) is 3.62. The lowest BCUT2D eigenvalue weighted by Crippen LogP contribution is -2.20. The molecule has 0 unspecified atom stereocenters. The van der Waals surface area contributed by atoms with Crippen LogP contribution in [0, 0.1) is 13.8 Å². The maximum atomic E-state index is 11.8. The third-order valence-electron chi connectivity index (χ3n) is 2.82. The molecule has 1 saturated heterocycles. The number of nitrogens with one attached hydrogen (secondary N) is 1. The second kappa shape index (κ2) is 5.44. The summed E-state index contributed by atoms with van der Waals surface area (Å²) in [6.07, 6.45) is 0. The zero-order chi connectivity index (χ0) is 13.1. The van der Waals surface area contributed by atoms with Crippen molar-refractivity contribution in [3.63, 3.8) is 0 Å². The lowest BCUT2D eigenvalue weighted by atomic mass is 10.1. The predicted molar refractivity (Wildman–Crippen MR) is 77.5 cm³/mol. The Morgan fingerprint density at radius 2 is 2.22 bits per heavy atom. The lowest BCUT2D eigenvalue weighted by molar-refractivity contribution is 0.259. The lowest BCUT2D eigenvalue weighted by Gasteiger charge is -2.10. The summed E-state index contributed by atoms with van der Waals surface area (Å²) >= 11 is 1.61. The van der Waals surface area contributed by atoms with Crippen molar-refractivity contribution in [2.45, 2.75) is 13.8 Å². The number of amides is 2. The Labute approximate surface area is 111 Å². The number of carbonyl (C=O) groups is 1. The molecule has 1 fully saturated rings. The number of carbonyl (C=O) groups excluding carboxylic acids is 1. The zero-order valence-corrected chi connectivity index (χ0v) is 11.7. The Morgan fingerprint density at radius 1 is 1.44 bits per heavy atom. The molecule has 2 amide bonds. The van der Waals surface area contributed by atoms with Crippen molar-refractivity contribution in [2.24, 2.45) is 4.99 Å². The summed E-state index contributed by atoms with van der Waals surface area (Å²) in [5.41, 5.74) is 2.99. The second-order valence-electron chi connectivity index (χ2n) is 4.41. The van der Waals surface area contributed by atoms with Gasteiger partial charge in [-0.05, 0) is 31.0 Å². The minimum atomic E-state index is -0.306. The standard InChI is InChI=1S/C13H17N3OS/c1-9-4-5-10(2)11(8-9)14-12(17)15-13-16(3)6-7-18-13/h4-5,8H,6-7H2,1-3H3,(H,14,17)/b15-13+. The Hall–Kier alpha value is -1.49. The van der Waals surface area contributed by atoms with E-state index in [1.807, 2.05) is 44.0 Å². The van der Waals surface area contributed by atoms with Crippen LogP contribution in [-0.2, 0) is 0 Å². The fourth-order valence-corrected chi connectivity index (χ4v) is 2.70. The molecule has 0 aromatic heterocycles. The molecule has 1 aliphatic heterocycles. The first-order valence-corrected chi connectivity index (χ1v) is 6.85. The first-order chi connectivity index (χ1) is 8.56. The van der Waals surface area contributed by atoms with Gasteiger partial charge in [-0.1, -0.05) is 23.9 Å². The largest absolute Gasteiger partial charge is 0.353 e. The molecule has 1 aromatic carbocycles. The highest BCUT2D eigenvalue weighted by atomic mass is 32.2. The van der Waals surface area contributed by atoms with E-state index < -0.39 is 0 Å². The monoisotopic (exact) mass is 263 g/mol. The summed E-state index contributed by atoms with van der Waals surface area (Å²) in [4.78, 5) is 17.9. The molecule has 96 valence electrons. The number of thioether (sulfide) groups is 1. The van der Waals surface area contributed by atoms with Gasteiger partial charge in [0.05, 0.1) is 0 Å². The number of hydrogen-bond acceptors (Lipinski definition) is 2. The molecule has 5 heteroatoms. The molecule has 0 aliphatic carbocycles. The highest BCUT2D eigenvalue weighted by Crippen LogP contribution is 2.18. The van der Waals surface area contributed by atoms with Gasteiger partial charge in [0.2, 0.25) is 0 Å². The van der Waals surface area contributed by atoms with E-state index in [1.54, 1.807) is 11.8 Å². The van der Waals surface area contributed by atoms with Crippen molar-refractivity contribution >= 4 is 28.6 Å². The molecule has 4 nitrogen and oxygen atoms in total. The van der Waals surface area contributed by atoms with E-state index in [9.17, 15) is 4.79 Å². The number of nitrogens with zero attached hydrogens (tertiary/aromatic N) is 2. The SMILES string of the molecule is Cc1ccc(C)c(NC(=O)/N=C2/SCCN2C)c1. The van der Waals surface area contributed by atoms with Crippen molar-refractivity contribution in [3.05, 3.63) is 29.3 Å². The van der Waals surface area contributed by atoms with Crippen molar-refractivity contribution in [1.82, 2.24) is 4.90 Å². The number of amidine groups is 1. The van der Waals surface area contributed by atoms with Gasteiger partial charge in [0.15, 0.2) is 5.17 Å². The number of anilines is 1. The summed E-state index contributed by atoms with van der Waals surface area (Å²) in [6.45, 7) is 4.92. The van der Waals surface area contributed by atoms with Crippen LogP contribution in [0.5, 0.6) is 0 Å². The van der Waals surface area contributed by atoms with Crippen LogP contribution in [0.15, 0.2) is 23.2 Å². The molecule has 0 bridgehead atoms. The summed E-state index contributed by atoms with van der Waals surface area (Å²) in [7, 11) is 1.95. The zero-order valence-electron chi connectivity index (χ0n) is 10.9. The molecule has 1 aliphatic rings. The first kappa shape index (κ1) is 13.0. The molecule has 1 heterocycles. The number of aliphatic imine (C=N–C) groups is 1. The van der Waals surface area contributed by atoms with Crippen LogP contribution in [0.3, 0.4) is 0 Å². The van der Waals surface area contributed by atoms with E-state index in [1.165, 1.54) is 0 Å². The van der Waals surface area contributed by atoms with Crippen molar-refractivity contribution in [1.29, 1.82) is 0 Å². The van der Waals surface area contributed by atoms with Crippen LogP contribution in [0.25, 0.3) is 0 Å². The highest BCUT2D eigenvalue weighted by molar-refractivity contribution is 8.14.